The van der Waals surface area contributed by atoms with Gasteiger partial charge in [0.25, 0.3) is 0 Å². The number of hydrogen-bond donors (Lipinski definition) is 0. The van der Waals surface area contributed by atoms with Crippen molar-refractivity contribution >= 4 is 5.97 Å². The number of benzene rings is 1. The molecule has 0 spiro atoms. The molecule has 6 heteroatoms. The van der Waals surface area contributed by atoms with Crippen LogP contribution in [0.5, 0.6) is 17.2 Å². The highest BCUT2D eigenvalue weighted by Crippen LogP contribution is 2.35. The third-order valence-electron chi connectivity index (χ3n) is 2.33. The number of nitrogens with zero attached hydrogens (tertiary/aromatic N) is 1. The maximum atomic E-state index is 11.6. The molecule has 1 heterocycles. The van der Waals surface area contributed by atoms with E-state index in [2.05, 4.69) is 4.74 Å². The van der Waals surface area contributed by atoms with E-state index in [4.69, 9.17) is 14.2 Å². The minimum absolute atomic E-state index is 0.0892. The molecular weight excluding hydrogens is 250 g/mol. The molecule has 1 aromatic rings. The van der Waals surface area contributed by atoms with Crippen LogP contribution in [0, 0.1) is 0 Å². The summed E-state index contributed by atoms with van der Waals surface area (Å²) in [6, 6.07) is 5.08. The summed E-state index contributed by atoms with van der Waals surface area (Å²) < 4.78 is 20.6. The predicted octanol–water partition coefficient (Wildman–Crippen LogP) is 1.37. The zero-order valence-corrected chi connectivity index (χ0v) is 11.0. The quantitative estimate of drug-likeness (QED) is 0.465. The van der Waals surface area contributed by atoms with Crippen molar-refractivity contribution in [1.29, 1.82) is 0 Å². The van der Waals surface area contributed by atoms with Gasteiger partial charge in [0.2, 0.25) is 12.6 Å². The first-order valence-electron chi connectivity index (χ1n) is 5.64. The van der Waals surface area contributed by atoms with Crippen molar-refractivity contribution in [1.82, 2.24) is 4.90 Å². The number of carbonyl (C=O) groups is 1. The normalized spacial score (nSPS) is 13.1. The first kappa shape index (κ1) is 13.1. The van der Waals surface area contributed by atoms with E-state index in [-0.39, 0.29) is 12.6 Å². The molecule has 0 N–H and O–H groups in total. The Balaban J connectivity index is 2.19. The Labute approximate surface area is 111 Å². The van der Waals surface area contributed by atoms with E-state index in [0.29, 0.717) is 17.2 Å². The second-order valence-corrected chi connectivity index (χ2v) is 4.07. The van der Waals surface area contributed by atoms with Gasteiger partial charge in [-0.15, -0.1) is 0 Å². The van der Waals surface area contributed by atoms with Crippen LogP contribution < -0.4 is 14.2 Å². The fraction of sp³-hybridized carbons (Fsp3) is 0.308. The fourth-order valence-electron chi connectivity index (χ4n) is 1.52. The van der Waals surface area contributed by atoms with Gasteiger partial charge in [-0.2, -0.15) is 0 Å². The number of hydrogen-bond acceptors (Lipinski definition) is 6. The summed E-state index contributed by atoms with van der Waals surface area (Å²) in [7, 11) is 4.87. The summed E-state index contributed by atoms with van der Waals surface area (Å²) in [4.78, 5) is 13.3. The number of fused-ring (bicyclic) bond motifs is 1. The number of esters is 1. The second kappa shape index (κ2) is 5.51. The molecule has 6 nitrogen and oxygen atoms in total. The minimum Gasteiger partial charge on any atom is -0.463 e. The summed E-state index contributed by atoms with van der Waals surface area (Å²) in [6.07, 6.45) is 1.54. The number of ether oxygens (including phenoxy) is 4. The van der Waals surface area contributed by atoms with Gasteiger partial charge in [0.05, 0.1) is 7.11 Å². The van der Waals surface area contributed by atoms with Crippen LogP contribution in [-0.2, 0) is 9.53 Å². The molecule has 0 saturated heterocycles. The molecule has 0 radical (unpaired) electrons. The monoisotopic (exact) mass is 265 g/mol. The molecule has 0 amide bonds. The molecule has 0 saturated carbocycles. The van der Waals surface area contributed by atoms with Crippen molar-refractivity contribution in [2.75, 3.05) is 28.0 Å². The molecule has 0 atom stereocenters. The first-order valence-corrected chi connectivity index (χ1v) is 5.64. The molecule has 0 unspecified atom stereocenters. The van der Waals surface area contributed by atoms with Crippen LogP contribution in [0.3, 0.4) is 0 Å². The van der Waals surface area contributed by atoms with Crippen molar-refractivity contribution in [2.24, 2.45) is 0 Å². The topological polar surface area (TPSA) is 57.2 Å². The number of rotatable bonds is 4. The standard InChI is InChI=1S/C13H15NO5/c1-14(2)7-12(13(15)16-3)19-9-4-5-10-11(6-9)18-8-17-10/h4-7H,8H2,1-3H3/b12-7+. The smallest absolute Gasteiger partial charge is 0.375 e. The first-order chi connectivity index (χ1) is 9.10. The maximum absolute atomic E-state index is 11.6. The average Bonchev–Trinajstić information content (AvgIpc) is 2.84. The van der Waals surface area contributed by atoms with Gasteiger partial charge in [-0.1, -0.05) is 0 Å². The summed E-state index contributed by atoms with van der Waals surface area (Å²) in [5.41, 5.74) is 0. The van der Waals surface area contributed by atoms with Crippen LogP contribution in [-0.4, -0.2) is 38.9 Å². The Morgan fingerprint density at radius 1 is 1.32 bits per heavy atom. The maximum Gasteiger partial charge on any atom is 0.375 e. The van der Waals surface area contributed by atoms with Crippen molar-refractivity contribution in [3.05, 3.63) is 30.2 Å². The molecule has 1 aliphatic heterocycles. The van der Waals surface area contributed by atoms with Gasteiger partial charge in [0.15, 0.2) is 11.5 Å². The van der Waals surface area contributed by atoms with Gasteiger partial charge in [-0.05, 0) is 12.1 Å². The molecule has 0 bridgehead atoms. The van der Waals surface area contributed by atoms with Crippen LogP contribution in [0.1, 0.15) is 0 Å². The number of carbonyl (C=O) groups excluding carboxylic acids is 1. The molecule has 102 valence electrons. The Morgan fingerprint density at radius 3 is 2.74 bits per heavy atom. The SMILES string of the molecule is COC(=O)/C(=C\N(C)C)Oc1ccc2c(c1)OCO2. The van der Waals surface area contributed by atoms with E-state index in [1.807, 2.05) is 0 Å². The van der Waals surface area contributed by atoms with Crippen molar-refractivity contribution < 1.29 is 23.7 Å². The molecule has 1 aliphatic rings. The van der Waals surface area contributed by atoms with Crippen molar-refractivity contribution in [2.45, 2.75) is 0 Å². The highest BCUT2D eigenvalue weighted by molar-refractivity contribution is 5.86. The van der Waals surface area contributed by atoms with Gasteiger partial charge < -0.3 is 23.8 Å². The minimum atomic E-state index is -0.550. The van der Waals surface area contributed by atoms with E-state index in [9.17, 15) is 4.79 Å². The van der Waals surface area contributed by atoms with Crippen LogP contribution in [0.25, 0.3) is 0 Å². The van der Waals surface area contributed by atoms with Crippen LogP contribution in [0.15, 0.2) is 30.2 Å². The van der Waals surface area contributed by atoms with E-state index in [1.54, 1.807) is 37.2 Å². The zero-order chi connectivity index (χ0) is 13.8. The van der Waals surface area contributed by atoms with Crippen LogP contribution >= 0.6 is 0 Å². The Morgan fingerprint density at radius 2 is 2.05 bits per heavy atom. The molecule has 19 heavy (non-hydrogen) atoms. The Hall–Kier alpha value is -2.37. The van der Waals surface area contributed by atoms with E-state index in [1.165, 1.54) is 13.3 Å². The summed E-state index contributed by atoms with van der Waals surface area (Å²) >= 11 is 0. The Bertz CT molecular complexity index is 510. The summed E-state index contributed by atoms with van der Waals surface area (Å²) in [5.74, 6) is 1.26. The third kappa shape index (κ3) is 3.09. The van der Waals surface area contributed by atoms with Crippen LogP contribution in [0.2, 0.25) is 0 Å². The highest BCUT2D eigenvalue weighted by atomic mass is 16.7. The largest absolute Gasteiger partial charge is 0.463 e. The van der Waals surface area contributed by atoms with Crippen molar-refractivity contribution in [3.63, 3.8) is 0 Å². The lowest BCUT2D eigenvalue weighted by atomic mass is 10.3. The van der Waals surface area contributed by atoms with Gasteiger partial charge in [-0.25, -0.2) is 4.79 Å². The molecule has 0 fully saturated rings. The van der Waals surface area contributed by atoms with Gasteiger partial charge in [0, 0.05) is 26.4 Å². The lowest BCUT2D eigenvalue weighted by molar-refractivity contribution is -0.138. The van der Waals surface area contributed by atoms with Crippen LogP contribution in [0.4, 0.5) is 0 Å². The number of methoxy groups -OCH3 is 1. The average molecular weight is 265 g/mol. The van der Waals surface area contributed by atoms with Gasteiger partial charge in [0.1, 0.15) is 5.75 Å². The Kier molecular flexibility index (Phi) is 3.79. The highest BCUT2D eigenvalue weighted by Gasteiger charge is 2.17. The lowest BCUT2D eigenvalue weighted by Gasteiger charge is -2.12. The van der Waals surface area contributed by atoms with Gasteiger partial charge >= 0.3 is 5.97 Å². The molecule has 0 aromatic heterocycles. The molecule has 2 rings (SSSR count). The third-order valence-corrected chi connectivity index (χ3v) is 2.33. The zero-order valence-electron chi connectivity index (χ0n) is 11.0. The summed E-state index contributed by atoms with van der Waals surface area (Å²) in [6.45, 7) is 0.191. The van der Waals surface area contributed by atoms with E-state index < -0.39 is 5.97 Å². The second-order valence-electron chi connectivity index (χ2n) is 4.07. The molecule has 0 aliphatic carbocycles. The molecule has 1 aromatic carbocycles. The van der Waals surface area contributed by atoms with Gasteiger partial charge in [-0.3, -0.25) is 0 Å². The lowest BCUT2D eigenvalue weighted by Crippen LogP contribution is -2.15. The molecular formula is C13H15NO5. The van der Waals surface area contributed by atoms with Crippen molar-refractivity contribution in [3.8, 4) is 17.2 Å². The van der Waals surface area contributed by atoms with E-state index >= 15 is 0 Å². The van der Waals surface area contributed by atoms with E-state index in [0.717, 1.165) is 0 Å². The predicted molar refractivity (Wildman–Crippen MR) is 67.0 cm³/mol. The fourth-order valence-corrected chi connectivity index (χ4v) is 1.52. The summed E-state index contributed by atoms with van der Waals surface area (Å²) in [5, 5.41) is 0.